The Morgan fingerprint density at radius 1 is 1.16 bits per heavy atom. The summed E-state index contributed by atoms with van der Waals surface area (Å²) >= 11 is 0. The van der Waals surface area contributed by atoms with Crippen LogP contribution in [-0.2, 0) is 4.74 Å². The van der Waals surface area contributed by atoms with Crippen LogP contribution in [0.15, 0.2) is 0 Å². The van der Waals surface area contributed by atoms with Crippen molar-refractivity contribution in [3.8, 4) is 0 Å². The van der Waals surface area contributed by atoms with Crippen LogP contribution in [0.4, 0.5) is 13.2 Å². The molecule has 0 unspecified atom stereocenters. The molecule has 0 spiro atoms. The van der Waals surface area contributed by atoms with Gasteiger partial charge in [0.05, 0.1) is 6.61 Å². The molecule has 1 aliphatic rings. The van der Waals surface area contributed by atoms with Gasteiger partial charge in [0, 0.05) is 18.6 Å². The zero-order valence-electron chi connectivity index (χ0n) is 11.6. The van der Waals surface area contributed by atoms with Crippen molar-refractivity contribution in [2.24, 2.45) is 5.73 Å². The predicted octanol–water partition coefficient (Wildman–Crippen LogP) is 2.55. The molecular formula is C13H25F3N2O. The largest absolute Gasteiger partial charge is 0.411 e. The Kier molecular flexibility index (Phi) is 6.56. The molecule has 1 fully saturated rings. The van der Waals surface area contributed by atoms with Gasteiger partial charge in [-0.1, -0.05) is 25.7 Å². The molecule has 114 valence electrons. The van der Waals surface area contributed by atoms with Crippen LogP contribution in [-0.4, -0.2) is 50.0 Å². The van der Waals surface area contributed by atoms with Gasteiger partial charge in [0.2, 0.25) is 0 Å². The number of halogens is 3. The van der Waals surface area contributed by atoms with E-state index < -0.39 is 12.8 Å². The number of hydrogen-bond acceptors (Lipinski definition) is 3. The maximum Gasteiger partial charge on any atom is 0.411 e. The number of ether oxygens (including phenoxy) is 1. The van der Waals surface area contributed by atoms with Crippen LogP contribution in [0.25, 0.3) is 0 Å². The third-order valence-electron chi connectivity index (χ3n) is 4.06. The molecular weight excluding hydrogens is 257 g/mol. The summed E-state index contributed by atoms with van der Waals surface area (Å²) in [6.07, 6.45) is 2.54. The number of alkyl halides is 3. The van der Waals surface area contributed by atoms with E-state index in [0.29, 0.717) is 13.1 Å². The maximum atomic E-state index is 12.0. The minimum absolute atomic E-state index is 0.0574. The highest BCUT2D eigenvalue weighted by molar-refractivity contribution is 4.91. The molecule has 1 saturated carbocycles. The van der Waals surface area contributed by atoms with Crippen LogP contribution >= 0.6 is 0 Å². The average Bonchev–Trinajstić information content (AvgIpc) is 2.59. The summed E-state index contributed by atoms with van der Waals surface area (Å²) in [6, 6.07) is 0. The second-order valence-electron chi connectivity index (χ2n) is 5.43. The Bertz CT molecular complexity index is 251. The molecule has 0 aliphatic heterocycles. The highest BCUT2D eigenvalue weighted by Crippen LogP contribution is 2.30. The predicted molar refractivity (Wildman–Crippen MR) is 69.0 cm³/mol. The van der Waals surface area contributed by atoms with Gasteiger partial charge in [-0.3, -0.25) is 4.90 Å². The van der Waals surface area contributed by atoms with E-state index in [1.165, 1.54) is 12.8 Å². The quantitative estimate of drug-likeness (QED) is 0.601. The fourth-order valence-corrected chi connectivity index (χ4v) is 2.75. The summed E-state index contributed by atoms with van der Waals surface area (Å²) in [5, 5.41) is 0. The third kappa shape index (κ3) is 5.67. The van der Waals surface area contributed by atoms with E-state index in [2.05, 4.69) is 9.64 Å². The van der Waals surface area contributed by atoms with Gasteiger partial charge in [0.1, 0.15) is 6.61 Å². The molecule has 1 aliphatic carbocycles. The highest BCUT2D eigenvalue weighted by atomic mass is 19.4. The summed E-state index contributed by atoms with van der Waals surface area (Å²) < 4.78 is 40.6. The van der Waals surface area contributed by atoms with E-state index in [0.717, 1.165) is 25.7 Å². The van der Waals surface area contributed by atoms with Gasteiger partial charge in [0.15, 0.2) is 0 Å². The molecule has 19 heavy (non-hydrogen) atoms. The Morgan fingerprint density at radius 2 is 1.74 bits per heavy atom. The Labute approximate surface area is 113 Å². The van der Waals surface area contributed by atoms with Gasteiger partial charge in [-0.2, -0.15) is 13.2 Å². The smallest absolute Gasteiger partial charge is 0.371 e. The first kappa shape index (κ1) is 16.7. The van der Waals surface area contributed by atoms with Crippen molar-refractivity contribution in [1.29, 1.82) is 0 Å². The Hall–Kier alpha value is -0.330. The Morgan fingerprint density at radius 3 is 2.21 bits per heavy atom. The Balaban J connectivity index is 2.38. The van der Waals surface area contributed by atoms with Gasteiger partial charge in [0.25, 0.3) is 0 Å². The summed E-state index contributed by atoms with van der Waals surface area (Å²) in [4.78, 5) is 2.09. The van der Waals surface area contributed by atoms with E-state index in [-0.39, 0.29) is 12.1 Å². The molecule has 0 aromatic carbocycles. The van der Waals surface area contributed by atoms with Gasteiger partial charge < -0.3 is 10.5 Å². The molecule has 3 nitrogen and oxygen atoms in total. The SMILES string of the molecule is CN(CCOCC(F)(F)F)C1(CN)CCCCCC1. The van der Waals surface area contributed by atoms with E-state index in [1.54, 1.807) is 0 Å². The minimum Gasteiger partial charge on any atom is -0.371 e. The average molecular weight is 282 g/mol. The lowest BCUT2D eigenvalue weighted by atomic mass is 9.88. The second kappa shape index (κ2) is 7.45. The number of nitrogens with zero attached hydrogens (tertiary/aromatic N) is 1. The van der Waals surface area contributed by atoms with Crippen molar-refractivity contribution >= 4 is 0 Å². The van der Waals surface area contributed by atoms with E-state index in [9.17, 15) is 13.2 Å². The van der Waals surface area contributed by atoms with E-state index in [4.69, 9.17) is 5.73 Å². The molecule has 0 amide bonds. The summed E-state index contributed by atoms with van der Waals surface area (Å²) in [6.45, 7) is -0.0235. The summed E-state index contributed by atoms with van der Waals surface area (Å²) in [5.41, 5.74) is 5.86. The third-order valence-corrected chi connectivity index (χ3v) is 4.06. The number of nitrogens with two attached hydrogens (primary N) is 1. The van der Waals surface area contributed by atoms with Crippen molar-refractivity contribution in [2.45, 2.75) is 50.2 Å². The van der Waals surface area contributed by atoms with Crippen molar-refractivity contribution in [3.05, 3.63) is 0 Å². The normalized spacial score (nSPS) is 20.5. The molecule has 1 rings (SSSR count). The molecule has 0 radical (unpaired) electrons. The monoisotopic (exact) mass is 282 g/mol. The molecule has 6 heteroatoms. The first-order valence-electron chi connectivity index (χ1n) is 6.95. The highest BCUT2D eigenvalue weighted by Gasteiger charge is 2.33. The van der Waals surface area contributed by atoms with Crippen LogP contribution in [0.1, 0.15) is 38.5 Å². The molecule has 0 atom stereocenters. The van der Waals surface area contributed by atoms with Crippen LogP contribution in [0.2, 0.25) is 0 Å². The van der Waals surface area contributed by atoms with Crippen LogP contribution in [0, 0.1) is 0 Å². The van der Waals surface area contributed by atoms with Crippen molar-refractivity contribution in [1.82, 2.24) is 4.90 Å². The number of likely N-dealkylation sites (N-methyl/N-ethyl adjacent to an activating group) is 1. The van der Waals surface area contributed by atoms with Crippen molar-refractivity contribution in [2.75, 3.05) is 33.4 Å². The summed E-state index contributed by atoms with van der Waals surface area (Å²) in [5.74, 6) is 0. The topological polar surface area (TPSA) is 38.5 Å². The van der Waals surface area contributed by atoms with Gasteiger partial charge >= 0.3 is 6.18 Å². The van der Waals surface area contributed by atoms with Gasteiger partial charge in [-0.25, -0.2) is 0 Å². The van der Waals surface area contributed by atoms with Crippen molar-refractivity contribution < 1.29 is 17.9 Å². The molecule has 0 aromatic heterocycles. The van der Waals surface area contributed by atoms with E-state index >= 15 is 0 Å². The van der Waals surface area contributed by atoms with Crippen molar-refractivity contribution in [3.63, 3.8) is 0 Å². The lowest BCUT2D eigenvalue weighted by Crippen LogP contribution is -2.52. The first-order valence-corrected chi connectivity index (χ1v) is 6.95. The molecule has 0 bridgehead atoms. The number of hydrogen-bond donors (Lipinski definition) is 1. The number of rotatable bonds is 6. The maximum absolute atomic E-state index is 12.0. The molecule has 0 aromatic rings. The fourth-order valence-electron chi connectivity index (χ4n) is 2.75. The van der Waals surface area contributed by atoms with Crippen LogP contribution in [0.5, 0.6) is 0 Å². The van der Waals surface area contributed by atoms with Gasteiger partial charge in [-0.15, -0.1) is 0 Å². The minimum atomic E-state index is -4.24. The fraction of sp³-hybridized carbons (Fsp3) is 1.00. The van der Waals surface area contributed by atoms with Crippen LogP contribution in [0.3, 0.4) is 0 Å². The summed E-state index contributed by atoms with van der Waals surface area (Å²) in [7, 11) is 1.94. The lowest BCUT2D eigenvalue weighted by Gasteiger charge is -2.41. The molecule has 0 saturated heterocycles. The molecule has 0 heterocycles. The molecule has 2 N–H and O–H groups in total. The second-order valence-corrected chi connectivity index (χ2v) is 5.43. The van der Waals surface area contributed by atoms with Gasteiger partial charge in [-0.05, 0) is 19.9 Å². The standard InChI is InChI=1S/C13H25F3N2O/c1-18(8-9-19-11-13(14,15)16)12(10-17)6-4-2-3-5-7-12/h2-11,17H2,1H3. The lowest BCUT2D eigenvalue weighted by molar-refractivity contribution is -0.175. The zero-order chi connectivity index (χ0) is 14.4. The van der Waals surface area contributed by atoms with E-state index in [1.807, 2.05) is 7.05 Å². The first-order chi connectivity index (χ1) is 8.90. The zero-order valence-corrected chi connectivity index (χ0v) is 11.6. The van der Waals surface area contributed by atoms with Crippen LogP contribution < -0.4 is 5.73 Å².